The van der Waals surface area contributed by atoms with E-state index < -0.39 is 17.9 Å². The highest BCUT2D eigenvalue weighted by Gasteiger charge is 2.49. The summed E-state index contributed by atoms with van der Waals surface area (Å²) in [7, 11) is 3.00. The minimum absolute atomic E-state index is 0.0627. The molecule has 162 valence electrons. The zero-order valence-corrected chi connectivity index (χ0v) is 18.3. The predicted octanol–water partition coefficient (Wildman–Crippen LogP) is 2.01. The largest absolute Gasteiger partial charge is 0.459 e. The second-order valence-corrected chi connectivity index (χ2v) is 8.60. The SMILES string of the molecule is CN1C(=O)C2C(SCC(=O)N3CCc4ccccc43)=NC(c3ccco3)=NC2=[N+](C)C1=O. The number of hydrogen-bond acceptors (Lipinski definition) is 7. The minimum atomic E-state index is -0.843. The van der Waals surface area contributed by atoms with Gasteiger partial charge < -0.3 is 9.32 Å². The lowest BCUT2D eigenvalue weighted by Gasteiger charge is -2.26. The molecule has 2 aromatic rings. The van der Waals surface area contributed by atoms with Crippen molar-refractivity contribution < 1.29 is 23.4 Å². The molecule has 0 N–H and O–H groups in total. The highest BCUT2D eigenvalue weighted by Crippen LogP contribution is 2.30. The van der Waals surface area contributed by atoms with Gasteiger partial charge in [-0.1, -0.05) is 35.0 Å². The van der Waals surface area contributed by atoms with Crippen molar-refractivity contribution in [2.45, 2.75) is 6.42 Å². The second-order valence-electron chi connectivity index (χ2n) is 7.61. The standard InChI is InChI=1S/C22H20N5O4S/c1-25-19-17(21(29)26(2)22(25)30)20(24-18(23-19)15-8-5-11-31-15)32-12-16(28)27-10-9-13-6-3-4-7-14(13)27/h3-8,11,17H,9-10,12H2,1-2H3/q+1. The Morgan fingerprint density at radius 1 is 1.22 bits per heavy atom. The molecule has 0 bridgehead atoms. The van der Waals surface area contributed by atoms with E-state index in [0.29, 0.717) is 17.3 Å². The van der Waals surface area contributed by atoms with Crippen LogP contribution >= 0.6 is 11.8 Å². The normalized spacial score (nSPS) is 20.2. The van der Waals surface area contributed by atoms with E-state index in [9.17, 15) is 14.4 Å². The van der Waals surface area contributed by atoms with Gasteiger partial charge in [0, 0.05) is 12.2 Å². The molecule has 32 heavy (non-hydrogen) atoms. The Balaban J connectivity index is 1.45. The Morgan fingerprint density at radius 2 is 2.03 bits per heavy atom. The summed E-state index contributed by atoms with van der Waals surface area (Å²) in [4.78, 5) is 50.3. The quantitative estimate of drug-likeness (QED) is 0.667. The van der Waals surface area contributed by atoms with Crippen LogP contribution in [0, 0.1) is 5.92 Å². The van der Waals surface area contributed by atoms with Gasteiger partial charge in [0.2, 0.25) is 5.91 Å². The van der Waals surface area contributed by atoms with Crippen LogP contribution in [0.5, 0.6) is 0 Å². The van der Waals surface area contributed by atoms with Crippen LogP contribution in [-0.2, 0) is 16.0 Å². The summed E-state index contributed by atoms with van der Waals surface area (Å²) in [6.07, 6.45) is 2.32. The van der Waals surface area contributed by atoms with Gasteiger partial charge in [0.1, 0.15) is 5.04 Å². The first-order valence-electron chi connectivity index (χ1n) is 10.1. The van der Waals surface area contributed by atoms with Gasteiger partial charge in [0.25, 0.3) is 11.7 Å². The molecule has 1 atom stereocenters. The monoisotopic (exact) mass is 450 g/mol. The third kappa shape index (κ3) is 3.27. The van der Waals surface area contributed by atoms with Crippen molar-refractivity contribution in [3.63, 3.8) is 0 Å². The number of thioether (sulfide) groups is 1. The summed E-state index contributed by atoms with van der Waals surface area (Å²) in [6.45, 7) is 0.629. The Bertz CT molecular complexity index is 1230. The van der Waals surface area contributed by atoms with Crippen LogP contribution in [0.2, 0.25) is 0 Å². The molecule has 4 amide bonds. The van der Waals surface area contributed by atoms with Crippen molar-refractivity contribution in [1.82, 2.24) is 4.90 Å². The van der Waals surface area contributed by atoms with E-state index >= 15 is 0 Å². The number of hydrogen-bond donors (Lipinski definition) is 0. The van der Waals surface area contributed by atoms with Gasteiger partial charge in [-0.2, -0.15) is 9.48 Å². The molecular formula is C22H20N5O4S+. The highest BCUT2D eigenvalue weighted by molar-refractivity contribution is 8.14. The van der Waals surface area contributed by atoms with Crippen LogP contribution in [-0.4, -0.2) is 70.4 Å². The fraction of sp³-hybridized carbons (Fsp3) is 0.273. The van der Waals surface area contributed by atoms with Gasteiger partial charge in [-0.05, 0) is 30.2 Å². The molecular weight excluding hydrogens is 430 g/mol. The molecule has 1 aromatic carbocycles. The lowest BCUT2D eigenvalue weighted by Crippen LogP contribution is -2.54. The number of nitrogens with zero attached hydrogens (tertiary/aromatic N) is 5. The average Bonchev–Trinajstić information content (AvgIpc) is 3.49. The van der Waals surface area contributed by atoms with Crippen molar-refractivity contribution in [2.24, 2.45) is 15.9 Å². The predicted molar refractivity (Wildman–Crippen MR) is 120 cm³/mol. The molecule has 1 aromatic heterocycles. The Morgan fingerprint density at radius 3 is 2.81 bits per heavy atom. The second kappa shape index (κ2) is 7.86. The lowest BCUT2D eigenvalue weighted by atomic mass is 10.0. The molecule has 0 aliphatic carbocycles. The van der Waals surface area contributed by atoms with E-state index in [4.69, 9.17) is 4.42 Å². The maximum atomic E-state index is 13.0. The number of amides is 4. The topological polar surface area (TPSA) is 98.6 Å². The maximum absolute atomic E-state index is 13.0. The first-order chi connectivity index (χ1) is 15.5. The Kier molecular flexibility index (Phi) is 5.01. The summed E-state index contributed by atoms with van der Waals surface area (Å²) < 4.78 is 6.76. The molecule has 1 unspecified atom stereocenters. The number of carbonyl (C=O) groups is 3. The van der Waals surface area contributed by atoms with Crippen molar-refractivity contribution >= 4 is 52.0 Å². The number of furan rings is 1. The molecule has 0 saturated heterocycles. The summed E-state index contributed by atoms with van der Waals surface area (Å²) in [5.74, 6) is -0.258. The molecule has 5 rings (SSSR count). The molecule has 10 heteroatoms. The minimum Gasteiger partial charge on any atom is -0.459 e. The number of amidine groups is 2. The summed E-state index contributed by atoms with van der Waals surface area (Å²) in [5.41, 5.74) is 2.07. The zero-order valence-electron chi connectivity index (χ0n) is 17.5. The van der Waals surface area contributed by atoms with Crippen molar-refractivity contribution in [3.8, 4) is 0 Å². The number of aliphatic imine (C=N–C) groups is 2. The maximum Gasteiger partial charge on any atom is 0.445 e. The van der Waals surface area contributed by atoms with Gasteiger partial charge in [-0.25, -0.2) is 9.79 Å². The van der Waals surface area contributed by atoms with Gasteiger partial charge in [-0.15, -0.1) is 0 Å². The molecule has 9 nitrogen and oxygen atoms in total. The van der Waals surface area contributed by atoms with E-state index in [1.54, 1.807) is 24.1 Å². The Labute approximate surface area is 188 Å². The third-order valence-corrected chi connectivity index (χ3v) is 6.72. The number of imide groups is 1. The summed E-state index contributed by atoms with van der Waals surface area (Å²) >= 11 is 1.19. The van der Waals surface area contributed by atoms with Crippen LogP contribution in [0.25, 0.3) is 0 Å². The molecule has 0 saturated carbocycles. The van der Waals surface area contributed by atoms with E-state index in [0.717, 1.165) is 22.6 Å². The zero-order chi connectivity index (χ0) is 22.4. The Hall–Kier alpha value is -3.53. The number of benzene rings is 1. The number of carbonyl (C=O) groups excluding carboxylic acids is 3. The van der Waals surface area contributed by atoms with Crippen molar-refractivity contribution in [3.05, 3.63) is 54.0 Å². The number of fused-ring (bicyclic) bond motifs is 2. The fourth-order valence-corrected chi connectivity index (χ4v) is 4.97. The molecule has 3 aliphatic rings. The van der Waals surface area contributed by atoms with Crippen LogP contribution in [0.15, 0.2) is 57.1 Å². The fourth-order valence-electron chi connectivity index (χ4n) is 4.02. The van der Waals surface area contributed by atoms with Gasteiger partial charge in [0.15, 0.2) is 11.7 Å². The third-order valence-electron chi connectivity index (χ3n) is 5.71. The first-order valence-corrected chi connectivity index (χ1v) is 11.1. The van der Waals surface area contributed by atoms with E-state index in [2.05, 4.69) is 9.98 Å². The number of rotatable bonds is 3. The van der Waals surface area contributed by atoms with Crippen molar-refractivity contribution in [2.75, 3.05) is 31.3 Å². The lowest BCUT2D eigenvalue weighted by molar-refractivity contribution is -0.407. The van der Waals surface area contributed by atoms with Crippen LogP contribution in [0.3, 0.4) is 0 Å². The van der Waals surface area contributed by atoms with E-state index in [1.807, 2.05) is 24.3 Å². The number of para-hydroxylation sites is 1. The molecule has 3 aliphatic heterocycles. The van der Waals surface area contributed by atoms with Gasteiger partial charge in [-0.3, -0.25) is 9.59 Å². The smallest absolute Gasteiger partial charge is 0.445 e. The highest BCUT2D eigenvalue weighted by atomic mass is 32.2. The van der Waals surface area contributed by atoms with Gasteiger partial charge in [0.05, 0.1) is 26.1 Å². The first kappa shape index (κ1) is 20.4. The van der Waals surface area contributed by atoms with E-state index in [-0.39, 0.29) is 23.3 Å². The van der Waals surface area contributed by atoms with Gasteiger partial charge >= 0.3 is 11.9 Å². The molecule has 4 heterocycles. The summed E-state index contributed by atoms with van der Waals surface area (Å²) in [5, 5.41) is 0.415. The number of urea groups is 1. The molecule has 0 spiro atoms. The number of anilines is 1. The molecule has 0 fully saturated rings. The molecule has 0 radical (unpaired) electrons. The van der Waals surface area contributed by atoms with Crippen LogP contribution < -0.4 is 4.90 Å². The van der Waals surface area contributed by atoms with Crippen LogP contribution in [0.4, 0.5) is 10.5 Å². The average molecular weight is 451 g/mol. The van der Waals surface area contributed by atoms with Crippen molar-refractivity contribution in [1.29, 1.82) is 0 Å². The van der Waals surface area contributed by atoms with E-state index in [1.165, 1.54) is 29.6 Å². The van der Waals surface area contributed by atoms with Crippen LogP contribution in [0.1, 0.15) is 11.3 Å². The summed E-state index contributed by atoms with van der Waals surface area (Å²) in [6, 6.07) is 10.8.